The normalized spacial score (nSPS) is 14.3. The lowest BCUT2D eigenvalue weighted by Gasteiger charge is -2.33. The highest BCUT2D eigenvalue weighted by Crippen LogP contribution is 2.48. The average Bonchev–Trinajstić information content (AvgIpc) is 2.86. The van der Waals surface area contributed by atoms with Gasteiger partial charge in [0.2, 0.25) is 0 Å². The van der Waals surface area contributed by atoms with Gasteiger partial charge in [-0.2, -0.15) is 0 Å². The minimum Gasteiger partial charge on any atom is -0.506 e. The first-order valence-corrected chi connectivity index (χ1v) is 12.6. The van der Waals surface area contributed by atoms with Gasteiger partial charge in [0.25, 0.3) is 5.56 Å². The summed E-state index contributed by atoms with van der Waals surface area (Å²) in [5.41, 5.74) is 2.22. The van der Waals surface area contributed by atoms with Gasteiger partial charge < -0.3 is 19.1 Å². The molecular formula is C28H31ClN2O5. The van der Waals surface area contributed by atoms with Gasteiger partial charge in [0, 0.05) is 5.56 Å². The lowest BCUT2D eigenvalue weighted by molar-refractivity contribution is 0.0594. The molecule has 0 saturated carbocycles. The van der Waals surface area contributed by atoms with Crippen LogP contribution in [0, 0.1) is 5.92 Å². The molecule has 0 fully saturated rings. The second-order valence-electron chi connectivity index (χ2n) is 9.40. The number of rotatable bonds is 8. The van der Waals surface area contributed by atoms with E-state index in [1.165, 1.54) is 11.7 Å². The van der Waals surface area contributed by atoms with E-state index in [9.17, 15) is 14.7 Å². The number of aromatic nitrogens is 2. The van der Waals surface area contributed by atoms with Crippen molar-refractivity contribution in [1.29, 1.82) is 0 Å². The van der Waals surface area contributed by atoms with Gasteiger partial charge in [-0.05, 0) is 41.9 Å². The molecule has 1 unspecified atom stereocenters. The minimum atomic E-state index is -0.874. The summed E-state index contributed by atoms with van der Waals surface area (Å²) in [6.07, 6.45) is 2.43. The zero-order valence-corrected chi connectivity index (χ0v) is 21.8. The second kappa shape index (κ2) is 10.7. The van der Waals surface area contributed by atoms with Crippen LogP contribution in [-0.4, -0.2) is 34.3 Å². The molecular weight excluding hydrogens is 480 g/mol. The molecule has 0 aliphatic heterocycles. The molecule has 1 aromatic carbocycles. The van der Waals surface area contributed by atoms with Gasteiger partial charge in [-0.15, -0.1) is 0 Å². The lowest BCUT2D eigenvalue weighted by atomic mass is 9.76. The maximum absolute atomic E-state index is 13.7. The van der Waals surface area contributed by atoms with Gasteiger partial charge in [0.05, 0.1) is 31.6 Å². The van der Waals surface area contributed by atoms with E-state index in [2.05, 4.69) is 11.9 Å². The van der Waals surface area contributed by atoms with E-state index in [-0.39, 0.29) is 34.8 Å². The van der Waals surface area contributed by atoms with Crippen LogP contribution in [0.2, 0.25) is 5.15 Å². The minimum absolute atomic E-state index is 0.0936. The Morgan fingerprint density at radius 1 is 1.28 bits per heavy atom. The van der Waals surface area contributed by atoms with Crippen molar-refractivity contribution >= 4 is 17.6 Å². The van der Waals surface area contributed by atoms with Crippen molar-refractivity contribution in [1.82, 2.24) is 9.55 Å². The summed E-state index contributed by atoms with van der Waals surface area (Å²) in [6, 6.07) is 11.4. The van der Waals surface area contributed by atoms with Crippen LogP contribution < -0.4 is 10.3 Å². The maximum Gasteiger partial charge on any atom is 0.347 e. The SMILES string of the molecule is CCCCOc1cc2c(nc1Cl)-c1c(c(O)c(C(=O)OC)c(=O)n1Cc1ccccc1)C(C(C)C)C2. The van der Waals surface area contributed by atoms with Crippen molar-refractivity contribution < 1.29 is 19.4 Å². The molecule has 190 valence electrons. The Hall–Kier alpha value is -3.32. The highest BCUT2D eigenvalue weighted by Gasteiger charge is 2.37. The summed E-state index contributed by atoms with van der Waals surface area (Å²) in [5.74, 6) is -0.805. The molecule has 2 aromatic heterocycles. The quantitative estimate of drug-likeness (QED) is 0.242. The second-order valence-corrected chi connectivity index (χ2v) is 9.75. The van der Waals surface area contributed by atoms with Crippen LogP contribution in [0.25, 0.3) is 11.4 Å². The molecule has 0 bridgehead atoms. The van der Waals surface area contributed by atoms with E-state index < -0.39 is 11.5 Å². The molecule has 0 amide bonds. The summed E-state index contributed by atoms with van der Waals surface area (Å²) in [4.78, 5) is 31.0. The lowest BCUT2D eigenvalue weighted by Crippen LogP contribution is -2.33. The van der Waals surface area contributed by atoms with E-state index in [0.29, 0.717) is 35.7 Å². The number of fused-ring (bicyclic) bond motifs is 3. The largest absolute Gasteiger partial charge is 0.506 e. The number of methoxy groups -OCH3 is 1. The number of carbonyl (C=O) groups excluding carboxylic acids is 1. The van der Waals surface area contributed by atoms with Gasteiger partial charge in [0.15, 0.2) is 16.5 Å². The maximum atomic E-state index is 13.7. The van der Waals surface area contributed by atoms with Gasteiger partial charge in [-0.25, -0.2) is 9.78 Å². The number of ether oxygens (including phenoxy) is 2. The van der Waals surface area contributed by atoms with Crippen LogP contribution in [0.1, 0.15) is 66.6 Å². The molecule has 0 saturated heterocycles. The standard InChI is InChI=1S/C28H31ClN2O5/c1-5-6-12-36-20-14-18-13-19(16(2)3)21-24(23(18)30-26(20)29)31(15-17-10-8-7-9-11-17)27(33)22(25(21)32)28(34)35-4/h7-11,14,16,19,32H,5-6,12-13,15H2,1-4H3. The summed E-state index contributed by atoms with van der Waals surface area (Å²) in [5, 5.41) is 11.5. The van der Waals surface area contributed by atoms with Gasteiger partial charge in [-0.3, -0.25) is 4.79 Å². The van der Waals surface area contributed by atoms with E-state index in [4.69, 9.17) is 21.1 Å². The first-order valence-electron chi connectivity index (χ1n) is 12.2. The fourth-order valence-electron chi connectivity index (χ4n) is 4.75. The molecule has 36 heavy (non-hydrogen) atoms. The molecule has 1 aliphatic rings. The average molecular weight is 511 g/mol. The Morgan fingerprint density at radius 3 is 2.64 bits per heavy atom. The number of unbranched alkanes of at least 4 members (excludes halogenated alkanes) is 1. The zero-order valence-electron chi connectivity index (χ0n) is 21.0. The summed E-state index contributed by atoms with van der Waals surface area (Å²) >= 11 is 6.54. The third kappa shape index (κ3) is 4.72. The van der Waals surface area contributed by atoms with Crippen molar-refractivity contribution in [3.63, 3.8) is 0 Å². The van der Waals surface area contributed by atoms with Crippen molar-refractivity contribution in [3.05, 3.63) is 74.2 Å². The number of hydrogen-bond acceptors (Lipinski definition) is 6. The Balaban J connectivity index is 2.02. The monoisotopic (exact) mass is 510 g/mol. The van der Waals surface area contributed by atoms with Gasteiger partial charge in [-0.1, -0.05) is 69.1 Å². The predicted octanol–water partition coefficient (Wildman–Crippen LogP) is 5.58. The van der Waals surface area contributed by atoms with E-state index >= 15 is 0 Å². The number of hydrogen-bond donors (Lipinski definition) is 1. The van der Waals surface area contributed by atoms with Crippen LogP contribution in [-0.2, 0) is 17.7 Å². The third-order valence-corrected chi connectivity index (χ3v) is 6.94. The Kier molecular flexibility index (Phi) is 7.69. The van der Waals surface area contributed by atoms with Crippen LogP contribution in [0.15, 0.2) is 41.2 Å². The highest BCUT2D eigenvalue weighted by atomic mass is 35.5. The number of halogens is 1. The van der Waals surface area contributed by atoms with Crippen molar-refractivity contribution in [2.75, 3.05) is 13.7 Å². The molecule has 2 heterocycles. The van der Waals surface area contributed by atoms with E-state index in [1.54, 1.807) is 0 Å². The Bertz CT molecular complexity index is 1330. The molecule has 4 rings (SSSR count). The van der Waals surface area contributed by atoms with E-state index in [0.717, 1.165) is 24.0 Å². The molecule has 1 aliphatic carbocycles. The molecule has 7 nitrogen and oxygen atoms in total. The van der Waals surface area contributed by atoms with Gasteiger partial charge in [0.1, 0.15) is 5.75 Å². The van der Waals surface area contributed by atoms with Crippen molar-refractivity contribution in [2.24, 2.45) is 5.92 Å². The zero-order chi connectivity index (χ0) is 26.0. The summed E-state index contributed by atoms with van der Waals surface area (Å²) in [7, 11) is 1.19. The number of pyridine rings is 2. The molecule has 0 spiro atoms. The number of nitrogens with zero attached hydrogens (tertiary/aromatic N) is 2. The fourth-order valence-corrected chi connectivity index (χ4v) is 4.94. The van der Waals surface area contributed by atoms with Crippen LogP contribution in [0.4, 0.5) is 0 Å². The Labute approximate surface area is 215 Å². The number of carbonyl (C=O) groups is 1. The molecule has 0 radical (unpaired) electrons. The first-order chi connectivity index (χ1) is 17.3. The molecule has 1 atom stereocenters. The number of esters is 1. The number of aromatic hydroxyl groups is 1. The first kappa shape index (κ1) is 25.8. The van der Waals surface area contributed by atoms with Crippen LogP contribution in [0.5, 0.6) is 11.5 Å². The van der Waals surface area contributed by atoms with Crippen LogP contribution in [0.3, 0.4) is 0 Å². The predicted molar refractivity (Wildman–Crippen MR) is 139 cm³/mol. The van der Waals surface area contributed by atoms with E-state index in [1.807, 2.05) is 50.2 Å². The topological polar surface area (TPSA) is 90.7 Å². The third-order valence-electron chi connectivity index (χ3n) is 6.67. The molecule has 1 N–H and O–H groups in total. The van der Waals surface area contributed by atoms with Crippen molar-refractivity contribution in [2.45, 2.75) is 52.5 Å². The molecule has 3 aromatic rings. The summed E-state index contributed by atoms with van der Waals surface area (Å²) < 4.78 is 12.3. The highest BCUT2D eigenvalue weighted by molar-refractivity contribution is 6.31. The Morgan fingerprint density at radius 2 is 2.00 bits per heavy atom. The van der Waals surface area contributed by atoms with Crippen LogP contribution >= 0.6 is 11.6 Å². The summed E-state index contributed by atoms with van der Waals surface area (Å²) in [6.45, 7) is 6.89. The molecule has 8 heteroatoms. The fraction of sp³-hybridized carbons (Fsp3) is 0.393. The van der Waals surface area contributed by atoms with Crippen molar-refractivity contribution in [3.8, 4) is 22.9 Å². The smallest absolute Gasteiger partial charge is 0.347 e. The number of benzene rings is 1. The van der Waals surface area contributed by atoms with Gasteiger partial charge >= 0.3 is 5.97 Å².